The molecule has 0 saturated carbocycles. The highest BCUT2D eigenvalue weighted by Crippen LogP contribution is 2.16. The molecule has 47 heavy (non-hydrogen) atoms. The standard InChI is InChI=1S/C38H59NO8/c1-4-5-6-7-8-9-10-11-12-13-14-15-16-17-18-21-36(41)45-25-20-23-38(43)47-31-35-27-33(29-39(2)3)26-34(28-35)30-46-37(42)22-19-24-44-32-40/h8-9,11-12,26-28,32H,4-7,10,13-25,29-31H2,1-3H3/b9-8-,12-11-. The zero-order chi connectivity index (χ0) is 34.4. The summed E-state index contributed by atoms with van der Waals surface area (Å²) >= 11 is 0. The lowest BCUT2D eigenvalue weighted by Gasteiger charge is -2.14. The van der Waals surface area contributed by atoms with E-state index in [1.807, 2.05) is 37.2 Å². The van der Waals surface area contributed by atoms with Crippen LogP contribution in [0.5, 0.6) is 0 Å². The summed E-state index contributed by atoms with van der Waals surface area (Å²) in [5.74, 6) is -0.959. The molecule has 0 unspecified atom stereocenters. The summed E-state index contributed by atoms with van der Waals surface area (Å²) in [6.07, 6.45) is 23.1. The molecule has 0 heterocycles. The summed E-state index contributed by atoms with van der Waals surface area (Å²) in [6.45, 7) is 3.81. The first-order chi connectivity index (χ1) is 22.8. The fourth-order valence-corrected chi connectivity index (χ4v) is 4.84. The highest BCUT2D eigenvalue weighted by Gasteiger charge is 2.10. The molecule has 0 aliphatic rings. The third kappa shape index (κ3) is 25.3. The first-order valence-corrected chi connectivity index (χ1v) is 17.4. The predicted octanol–water partition coefficient (Wildman–Crippen LogP) is 7.92. The smallest absolute Gasteiger partial charge is 0.306 e. The Balaban J connectivity index is 2.19. The lowest BCUT2D eigenvalue weighted by molar-refractivity contribution is -0.148. The zero-order valence-electron chi connectivity index (χ0n) is 29.2. The van der Waals surface area contributed by atoms with Crippen LogP contribution >= 0.6 is 0 Å². The molecule has 1 aromatic rings. The molecule has 9 heteroatoms. The number of carbonyl (C=O) groups excluding carboxylic acids is 4. The maximum absolute atomic E-state index is 12.3. The number of esters is 3. The Morgan fingerprint density at radius 2 is 1.13 bits per heavy atom. The summed E-state index contributed by atoms with van der Waals surface area (Å²) in [5.41, 5.74) is 2.60. The van der Waals surface area contributed by atoms with Crippen molar-refractivity contribution in [3.05, 3.63) is 59.2 Å². The molecule has 264 valence electrons. The molecule has 0 fully saturated rings. The minimum Gasteiger partial charge on any atom is -0.468 e. The third-order valence-electron chi connectivity index (χ3n) is 7.24. The van der Waals surface area contributed by atoms with Crippen LogP contribution in [-0.4, -0.2) is 56.6 Å². The lowest BCUT2D eigenvalue weighted by atomic mass is 10.1. The Labute approximate surface area is 283 Å². The van der Waals surface area contributed by atoms with Gasteiger partial charge >= 0.3 is 17.9 Å². The van der Waals surface area contributed by atoms with E-state index in [1.54, 1.807) is 0 Å². The molecule has 0 saturated heterocycles. The number of benzene rings is 1. The van der Waals surface area contributed by atoms with Gasteiger partial charge in [0.05, 0.1) is 13.2 Å². The summed E-state index contributed by atoms with van der Waals surface area (Å²) in [5, 5.41) is 0. The van der Waals surface area contributed by atoms with Crippen molar-refractivity contribution in [2.75, 3.05) is 27.3 Å². The van der Waals surface area contributed by atoms with Crippen LogP contribution in [-0.2, 0) is 57.9 Å². The summed E-state index contributed by atoms with van der Waals surface area (Å²) < 4.78 is 20.7. The van der Waals surface area contributed by atoms with Gasteiger partial charge in [0.1, 0.15) is 13.2 Å². The molecule has 0 aliphatic heterocycles. The van der Waals surface area contributed by atoms with Crippen molar-refractivity contribution >= 4 is 24.4 Å². The fraction of sp³-hybridized carbons (Fsp3) is 0.632. The summed E-state index contributed by atoms with van der Waals surface area (Å²) in [4.78, 5) is 48.6. The molecule has 0 N–H and O–H groups in total. The number of unbranched alkanes of at least 4 members (excludes halogenated alkanes) is 8. The molecule has 0 atom stereocenters. The van der Waals surface area contributed by atoms with Gasteiger partial charge in [-0.1, -0.05) is 75.5 Å². The predicted molar refractivity (Wildman–Crippen MR) is 184 cm³/mol. The Bertz CT molecular complexity index is 1070. The van der Waals surface area contributed by atoms with E-state index in [-0.39, 0.29) is 57.2 Å². The van der Waals surface area contributed by atoms with Gasteiger partial charge in [0.15, 0.2) is 0 Å². The first kappa shape index (κ1) is 41.6. The molecule has 0 aliphatic carbocycles. The lowest BCUT2D eigenvalue weighted by Crippen LogP contribution is -2.13. The molecular weight excluding hydrogens is 598 g/mol. The van der Waals surface area contributed by atoms with E-state index in [4.69, 9.17) is 14.2 Å². The Kier molecular flexibility index (Phi) is 25.4. The molecule has 9 nitrogen and oxygen atoms in total. The van der Waals surface area contributed by atoms with E-state index in [0.29, 0.717) is 32.3 Å². The van der Waals surface area contributed by atoms with E-state index in [2.05, 4.69) is 36.0 Å². The zero-order valence-corrected chi connectivity index (χ0v) is 29.2. The van der Waals surface area contributed by atoms with Crippen LogP contribution in [0.3, 0.4) is 0 Å². The highest BCUT2D eigenvalue weighted by molar-refractivity contribution is 5.70. The van der Waals surface area contributed by atoms with Crippen molar-refractivity contribution in [3.8, 4) is 0 Å². The van der Waals surface area contributed by atoms with Crippen molar-refractivity contribution in [2.45, 2.75) is 129 Å². The largest absolute Gasteiger partial charge is 0.468 e. The van der Waals surface area contributed by atoms with Gasteiger partial charge in [-0.3, -0.25) is 19.2 Å². The van der Waals surface area contributed by atoms with Crippen molar-refractivity contribution < 1.29 is 38.1 Å². The molecule has 0 amide bonds. The van der Waals surface area contributed by atoms with E-state index >= 15 is 0 Å². The quantitative estimate of drug-likeness (QED) is 0.0279. The van der Waals surface area contributed by atoms with Crippen molar-refractivity contribution in [3.63, 3.8) is 0 Å². The third-order valence-corrected chi connectivity index (χ3v) is 7.24. The number of carbonyl (C=O) groups is 4. The van der Waals surface area contributed by atoms with E-state index < -0.39 is 0 Å². The van der Waals surface area contributed by atoms with Crippen LogP contribution < -0.4 is 0 Å². The molecule has 0 radical (unpaired) electrons. The second-order valence-electron chi connectivity index (χ2n) is 12.1. The second-order valence-corrected chi connectivity index (χ2v) is 12.1. The van der Waals surface area contributed by atoms with Crippen LogP contribution in [0.2, 0.25) is 0 Å². The number of allylic oxidation sites excluding steroid dienone is 4. The average molecular weight is 658 g/mol. The van der Waals surface area contributed by atoms with Gasteiger partial charge < -0.3 is 23.8 Å². The average Bonchev–Trinajstić information content (AvgIpc) is 3.04. The SMILES string of the molecule is CCCCC/C=C\C/C=C\CCCCCCCC(=O)OCCCC(=O)OCc1cc(COC(=O)CCCOC=O)cc(CN(C)C)c1. The molecular formula is C38H59NO8. The van der Waals surface area contributed by atoms with Crippen LogP contribution in [0.25, 0.3) is 0 Å². The topological polar surface area (TPSA) is 108 Å². The molecule has 0 spiro atoms. The summed E-state index contributed by atoms with van der Waals surface area (Å²) in [7, 11) is 3.91. The van der Waals surface area contributed by atoms with Gasteiger partial charge in [-0.05, 0) is 88.2 Å². The van der Waals surface area contributed by atoms with E-state index in [0.717, 1.165) is 48.8 Å². The maximum Gasteiger partial charge on any atom is 0.306 e. The van der Waals surface area contributed by atoms with Crippen molar-refractivity contribution in [1.29, 1.82) is 0 Å². The fourth-order valence-electron chi connectivity index (χ4n) is 4.84. The molecule has 1 aromatic carbocycles. The van der Waals surface area contributed by atoms with Crippen LogP contribution in [0.1, 0.15) is 126 Å². The minimum atomic E-state index is -0.378. The number of nitrogens with zero attached hydrogens (tertiary/aromatic N) is 1. The second kappa shape index (κ2) is 28.7. The highest BCUT2D eigenvalue weighted by atomic mass is 16.5. The van der Waals surface area contributed by atoms with Gasteiger partial charge in [0, 0.05) is 25.8 Å². The normalized spacial score (nSPS) is 11.3. The molecule has 0 bridgehead atoms. The number of hydrogen-bond donors (Lipinski definition) is 0. The van der Waals surface area contributed by atoms with Gasteiger partial charge in [-0.15, -0.1) is 0 Å². The van der Waals surface area contributed by atoms with E-state index in [9.17, 15) is 19.2 Å². The van der Waals surface area contributed by atoms with Gasteiger partial charge in [-0.2, -0.15) is 0 Å². The van der Waals surface area contributed by atoms with Crippen LogP contribution in [0, 0.1) is 0 Å². The van der Waals surface area contributed by atoms with E-state index in [1.165, 1.54) is 38.5 Å². The Hall–Kier alpha value is -3.46. The Morgan fingerprint density at radius 1 is 0.617 bits per heavy atom. The van der Waals surface area contributed by atoms with Crippen molar-refractivity contribution in [1.82, 2.24) is 4.90 Å². The summed E-state index contributed by atoms with van der Waals surface area (Å²) in [6, 6.07) is 5.77. The van der Waals surface area contributed by atoms with Gasteiger partial charge in [0.25, 0.3) is 6.47 Å². The number of rotatable bonds is 29. The Morgan fingerprint density at radius 3 is 1.72 bits per heavy atom. The van der Waals surface area contributed by atoms with Gasteiger partial charge in [-0.25, -0.2) is 0 Å². The molecule has 0 aromatic heterocycles. The van der Waals surface area contributed by atoms with Crippen LogP contribution in [0.15, 0.2) is 42.5 Å². The minimum absolute atomic E-state index is 0.0934. The monoisotopic (exact) mass is 657 g/mol. The maximum atomic E-state index is 12.3. The first-order valence-electron chi connectivity index (χ1n) is 17.4. The number of hydrogen-bond acceptors (Lipinski definition) is 9. The van der Waals surface area contributed by atoms with Crippen LogP contribution in [0.4, 0.5) is 0 Å². The van der Waals surface area contributed by atoms with Crippen molar-refractivity contribution in [2.24, 2.45) is 0 Å². The molecule has 1 rings (SSSR count). The van der Waals surface area contributed by atoms with Gasteiger partial charge in [0.2, 0.25) is 0 Å². The number of ether oxygens (including phenoxy) is 4.